The second-order valence-electron chi connectivity index (χ2n) is 4.15. The maximum absolute atomic E-state index is 11.8. The lowest BCUT2D eigenvalue weighted by Gasteiger charge is -2.00. The van der Waals surface area contributed by atoms with E-state index < -0.39 is 21.0 Å². The molecule has 0 radical (unpaired) electrons. The first-order chi connectivity index (χ1) is 8.01. The monoisotopic (exact) mass is 269 g/mol. The molecule has 0 spiro atoms. The SMILES string of the molecule is CCS(=O)(=O)[C@@H]1[C@H](C#N)[C@@H]1c1ccc(Cl)cc1. The molecule has 2 rings (SSSR count). The van der Waals surface area contributed by atoms with Crippen LogP contribution in [0.4, 0.5) is 0 Å². The molecule has 0 amide bonds. The van der Waals surface area contributed by atoms with Gasteiger partial charge in [-0.1, -0.05) is 30.7 Å². The second-order valence-corrected chi connectivity index (χ2v) is 7.03. The Balaban J connectivity index is 2.30. The highest BCUT2D eigenvalue weighted by molar-refractivity contribution is 7.92. The number of nitrogens with zero attached hydrogens (tertiary/aromatic N) is 1. The normalized spacial score (nSPS) is 27.5. The van der Waals surface area contributed by atoms with E-state index in [1.807, 2.05) is 0 Å². The van der Waals surface area contributed by atoms with Crippen molar-refractivity contribution in [3.63, 3.8) is 0 Å². The van der Waals surface area contributed by atoms with Crippen LogP contribution in [0.3, 0.4) is 0 Å². The molecule has 0 saturated heterocycles. The Morgan fingerprint density at radius 1 is 1.35 bits per heavy atom. The van der Waals surface area contributed by atoms with Crippen molar-refractivity contribution in [2.24, 2.45) is 5.92 Å². The van der Waals surface area contributed by atoms with Crippen LogP contribution in [0.5, 0.6) is 0 Å². The molecule has 1 saturated carbocycles. The van der Waals surface area contributed by atoms with Crippen LogP contribution in [0.15, 0.2) is 24.3 Å². The van der Waals surface area contributed by atoms with Crippen LogP contribution in [0.25, 0.3) is 0 Å². The van der Waals surface area contributed by atoms with Crippen molar-refractivity contribution < 1.29 is 8.42 Å². The third kappa shape index (κ3) is 2.18. The van der Waals surface area contributed by atoms with Crippen LogP contribution in [0.1, 0.15) is 18.4 Å². The minimum absolute atomic E-state index is 0.0833. The van der Waals surface area contributed by atoms with Gasteiger partial charge in [-0.3, -0.25) is 0 Å². The first-order valence-corrected chi connectivity index (χ1v) is 7.47. The molecule has 0 heterocycles. The molecule has 90 valence electrons. The van der Waals surface area contributed by atoms with Crippen LogP contribution >= 0.6 is 11.6 Å². The van der Waals surface area contributed by atoms with Gasteiger partial charge in [-0.05, 0) is 17.7 Å². The minimum Gasteiger partial charge on any atom is -0.228 e. The summed E-state index contributed by atoms with van der Waals surface area (Å²) in [5.74, 6) is -0.525. The largest absolute Gasteiger partial charge is 0.228 e. The number of hydrogen-bond acceptors (Lipinski definition) is 3. The summed E-state index contributed by atoms with van der Waals surface area (Å²) >= 11 is 5.78. The van der Waals surface area contributed by atoms with Gasteiger partial charge in [0, 0.05) is 16.7 Å². The van der Waals surface area contributed by atoms with Crippen molar-refractivity contribution in [2.75, 3.05) is 5.75 Å². The van der Waals surface area contributed by atoms with E-state index in [0.29, 0.717) is 5.02 Å². The molecule has 0 bridgehead atoms. The van der Waals surface area contributed by atoms with E-state index in [-0.39, 0.29) is 11.7 Å². The van der Waals surface area contributed by atoms with Crippen molar-refractivity contribution >= 4 is 21.4 Å². The molecule has 5 heteroatoms. The fourth-order valence-electron chi connectivity index (χ4n) is 2.16. The summed E-state index contributed by atoms with van der Waals surface area (Å²) < 4.78 is 23.6. The highest BCUT2D eigenvalue weighted by Crippen LogP contribution is 2.52. The van der Waals surface area contributed by atoms with Gasteiger partial charge in [0.05, 0.1) is 17.2 Å². The van der Waals surface area contributed by atoms with Crippen LogP contribution in [0, 0.1) is 17.2 Å². The van der Waals surface area contributed by atoms with Gasteiger partial charge in [-0.15, -0.1) is 0 Å². The summed E-state index contributed by atoms with van der Waals surface area (Å²) in [7, 11) is -3.15. The van der Waals surface area contributed by atoms with Gasteiger partial charge in [-0.25, -0.2) is 8.42 Å². The standard InChI is InChI=1S/C12H12ClNO2S/c1-2-17(15,16)12-10(7-14)11(12)8-3-5-9(13)6-4-8/h3-6,10-12H,2H2,1H3/t10-,11+,12-/m1/s1. The van der Waals surface area contributed by atoms with E-state index in [4.69, 9.17) is 16.9 Å². The van der Waals surface area contributed by atoms with Crippen molar-refractivity contribution in [1.82, 2.24) is 0 Å². The molecule has 17 heavy (non-hydrogen) atoms. The van der Waals surface area contributed by atoms with Crippen molar-refractivity contribution in [3.05, 3.63) is 34.9 Å². The molecule has 1 aliphatic rings. The molecule has 1 fully saturated rings. The Kier molecular flexibility index (Phi) is 3.15. The Hall–Kier alpha value is -1.05. The summed E-state index contributed by atoms with van der Waals surface area (Å²) in [5, 5.41) is 9.05. The molecule has 1 aromatic carbocycles. The third-order valence-electron chi connectivity index (χ3n) is 3.17. The predicted octanol–water partition coefficient (Wildman–Crippen LogP) is 2.38. The maximum atomic E-state index is 11.8. The number of nitriles is 1. The van der Waals surface area contributed by atoms with Gasteiger partial charge < -0.3 is 0 Å². The molecule has 0 aromatic heterocycles. The molecule has 3 nitrogen and oxygen atoms in total. The zero-order valence-corrected chi connectivity index (χ0v) is 10.9. The summed E-state index contributed by atoms with van der Waals surface area (Å²) in [4.78, 5) is 0. The lowest BCUT2D eigenvalue weighted by atomic mass is 10.1. The van der Waals surface area contributed by atoms with Crippen LogP contribution in [-0.4, -0.2) is 19.4 Å². The average Bonchev–Trinajstić information content (AvgIpc) is 3.05. The minimum atomic E-state index is -3.15. The van der Waals surface area contributed by atoms with Crippen LogP contribution in [-0.2, 0) is 9.84 Å². The average molecular weight is 270 g/mol. The van der Waals surface area contributed by atoms with E-state index >= 15 is 0 Å². The van der Waals surface area contributed by atoms with Gasteiger partial charge in [0.25, 0.3) is 0 Å². The molecule has 0 unspecified atom stereocenters. The van der Waals surface area contributed by atoms with Gasteiger partial charge in [-0.2, -0.15) is 5.26 Å². The lowest BCUT2D eigenvalue weighted by Crippen LogP contribution is -2.12. The van der Waals surface area contributed by atoms with Crippen molar-refractivity contribution in [2.45, 2.75) is 18.1 Å². The van der Waals surface area contributed by atoms with E-state index in [1.54, 1.807) is 31.2 Å². The molecular weight excluding hydrogens is 258 g/mol. The van der Waals surface area contributed by atoms with Gasteiger partial charge in [0.2, 0.25) is 0 Å². The fourth-order valence-corrected chi connectivity index (χ4v) is 4.03. The van der Waals surface area contributed by atoms with Crippen LogP contribution in [0.2, 0.25) is 5.02 Å². The number of benzene rings is 1. The smallest absolute Gasteiger partial charge is 0.154 e. The lowest BCUT2D eigenvalue weighted by molar-refractivity contribution is 0.594. The number of halogens is 1. The second kappa shape index (κ2) is 4.32. The Morgan fingerprint density at radius 3 is 2.41 bits per heavy atom. The maximum Gasteiger partial charge on any atom is 0.154 e. The Bertz CT molecular complexity index is 559. The zero-order chi connectivity index (χ0) is 12.6. The molecular formula is C12H12ClNO2S. The topological polar surface area (TPSA) is 57.9 Å². The number of hydrogen-bond donors (Lipinski definition) is 0. The first kappa shape index (κ1) is 12.4. The highest BCUT2D eigenvalue weighted by Gasteiger charge is 2.58. The van der Waals surface area contributed by atoms with E-state index in [0.717, 1.165) is 5.56 Å². The molecule has 1 aromatic rings. The summed E-state index contributed by atoms with van der Waals surface area (Å²) in [6, 6.07) is 9.11. The third-order valence-corrected chi connectivity index (χ3v) is 5.65. The van der Waals surface area contributed by atoms with Gasteiger partial charge >= 0.3 is 0 Å². The fraction of sp³-hybridized carbons (Fsp3) is 0.417. The van der Waals surface area contributed by atoms with E-state index in [9.17, 15) is 8.42 Å². The van der Waals surface area contributed by atoms with Crippen LogP contribution < -0.4 is 0 Å². The Labute approximate surface area is 106 Å². The quantitative estimate of drug-likeness (QED) is 0.846. The highest BCUT2D eigenvalue weighted by atomic mass is 35.5. The van der Waals surface area contributed by atoms with Crippen molar-refractivity contribution in [3.8, 4) is 6.07 Å². The first-order valence-electron chi connectivity index (χ1n) is 5.38. The van der Waals surface area contributed by atoms with Gasteiger partial charge in [0.1, 0.15) is 0 Å². The molecule has 1 aliphatic carbocycles. The zero-order valence-electron chi connectivity index (χ0n) is 9.30. The molecule has 0 aliphatic heterocycles. The number of sulfone groups is 1. The summed E-state index contributed by atoms with van der Waals surface area (Å²) in [6.45, 7) is 1.61. The summed E-state index contributed by atoms with van der Waals surface area (Å²) in [6.07, 6.45) is 0. The van der Waals surface area contributed by atoms with Gasteiger partial charge in [0.15, 0.2) is 9.84 Å². The molecule has 3 atom stereocenters. The van der Waals surface area contributed by atoms with E-state index in [1.165, 1.54) is 0 Å². The predicted molar refractivity (Wildman–Crippen MR) is 66.5 cm³/mol. The van der Waals surface area contributed by atoms with E-state index in [2.05, 4.69) is 6.07 Å². The Morgan fingerprint density at radius 2 is 1.94 bits per heavy atom. The summed E-state index contributed by atoms with van der Waals surface area (Å²) in [5.41, 5.74) is 0.878. The van der Waals surface area contributed by atoms with Crippen molar-refractivity contribution in [1.29, 1.82) is 5.26 Å². The number of rotatable bonds is 3. The molecule has 0 N–H and O–H groups in total.